The third-order valence-electron chi connectivity index (χ3n) is 2.59. The fourth-order valence-corrected chi connectivity index (χ4v) is 1.78. The summed E-state index contributed by atoms with van der Waals surface area (Å²) in [6, 6.07) is 0.0535. The van der Waals surface area contributed by atoms with Gasteiger partial charge in [0.25, 0.3) is 0 Å². The molecule has 0 aromatic carbocycles. The van der Waals surface area contributed by atoms with Crippen molar-refractivity contribution in [1.82, 2.24) is 10.6 Å². The van der Waals surface area contributed by atoms with Crippen LogP contribution in [0.3, 0.4) is 0 Å². The Hall–Kier alpha value is -0.220. The van der Waals surface area contributed by atoms with E-state index in [1.165, 1.54) is 12.8 Å². The topological polar surface area (TPSA) is 41.1 Å². The number of thioether (sulfide) groups is 1. The van der Waals surface area contributed by atoms with Gasteiger partial charge in [-0.25, -0.2) is 0 Å². The molecule has 1 aliphatic rings. The Bertz CT molecular complexity index is 181. The molecule has 1 amide bonds. The molecule has 82 valence electrons. The van der Waals surface area contributed by atoms with Crippen molar-refractivity contribution in [2.24, 2.45) is 0 Å². The molecule has 1 fully saturated rings. The van der Waals surface area contributed by atoms with Crippen LogP contribution in [0.15, 0.2) is 0 Å². The normalized spacial score (nSPS) is 24.3. The monoisotopic (exact) mass is 216 g/mol. The summed E-state index contributed by atoms with van der Waals surface area (Å²) in [7, 11) is 0. The molecule has 0 aliphatic carbocycles. The summed E-state index contributed by atoms with van der Waals surface area (Å²) in [6.45, 7) is 3.88. The number of nitrogens with one attached hydrogen (secondary N) is 2. The molecule has 0 spiro atoms. The Labute approximate surface area is 90.4 Å². The van der Waals surface area contributed by atoms with Crippen LogP contribution in [0.4, 0.5) is 0 Å². The van der Waals surface area contributed by atoms with Crippen molar-refractivity contribution in [3.05, 3.63) is 0 Å². The van der Waals surface area contributed by atoms with E-state index in [1.54, 1.807) is 11.8 Å². The van der Waals surface area contributed by atoms with E-state index in [9.17, 15) is 4.79 Å². The highest BCUT2D eigenvalue weighted by Crippen LogP contribution is 2.07. The summed E-state index contributed by atoms with van der Waals surface area (Å²) in [5.41, 5.74) is 0. The van der Waals surface area contributed by atoms with Gasteiger partial charge in [0.15, 0.2) is 0 Å². The van der Waals surface area contributed by atoms with Crippen molar-refractivity contribution in [3.63, 3.8) is 0 Å². The Morgan fingerprint density at radius 1 is 1.64 bits per heavy atom. The lowest BCUT2D eigenvalue weighted by molar-refractivity contribution is -0.123. The molecule has 0 bridgehead atoms. The molecular weight excluding hydrogens is 196 g/mol. The predicted molar refractivity (Wildman–Crippen MR) is 61.6 cm³/mol. The molecule has 0 aromatic heterocycles. The summed E-state index contributed by atoms with van der Waals surface area (Å²) >= 11 is 1.78. The second-order valence-electron chi connectivity index (χ2n) is 3.79. The van der Waals surface area contributed by atoms with Gasteiger partial charge < -0.3 is 10.6 Å². The standard InChI is InChI=1S/C10H20N2OS/c1-8(14-2)7-12-10(13)9-5-3-4-6-11-9/h8-9,11H,3-7H2,1-2H3,(H,12,13)/t8?,9-/m0/s1. The zero-order valence-corrected chi connectivity index (χ0v) is 9.82. The van der Waals surface area contributed by atoms with E-state index in [0.717, 1.165) is 19.5 Å². The zero-order valence-electron chi connectivity index (χ0n) is 9.01. The minimum atomic E-state index is 0.0535. The highest BCUT2D eigenvalue weighted by atomic mass is 32.2. The van der Waals surface area contributed by atoms with E-state index in [0.29, 0.717) is 5.25 Å². The molecule has 0 saturated carbocycles. The molecule has 2 N–H and O–H groups in total. The fourth-order valence-electron chi connectivity index (χ4n) is 1.53. The van der Waals surface area contributed by atoms with Crippen LogP contribution in [0.5, 0.6) is 0 Å². The second-order valence-corrected chi connectivity index (χ2v) is 5.07. The van der Waals surface area contributed by atoms with Crippen LogP contribution in [0, 0.1) is 0 Å². The third-order valence-corrected chi connectivity index (χ3v) is 3.56. The maximum Gasteiger partial charge on any atom is 0.237 e. The average Bonchev–Trinajstić information content (AvgIpc) is 2.26. The Morgan fingerprint density at radius 3 is 3.00 bits per heavy atom. The van der Waals surface area contributed by atoms with Crippen molar-refractivity contribution < 1.29 is 4.79 Å². The quantitative estimate of drug-likeness (QED) is 0.736. The third kappa shape index (κ3) is 3.88. The number of carbonyl (C=O) groups is 1. The second kappa shape index (κ2) is 6.30. The van der Waals surface area contributed by atoms with Crippen LogP contribution in [0.2, 0.25) is 0 Å². The van der Waals surface area contributed by atoms with Crippen molar-refractivity contribution in [3.8, 4) is 0 Å². The molecule has 2 atom stereocenters. The highest BCUT2D eigenvalue weighted by Gasteiger charge is 2.20. The summed E-state index contributed by atoms with van der Waals surface area (Å²) < 4.78 is 0. The van der Waals surface area contributed by atoms with Crippen LogP contribution >= 0.6 is 11.8 Å². The number of hydrogen-bond acceptors (Lipinski definition) is 3. The molecule has 1 aliphatic heterocycles. The number of amides is 1. The number of rotatable bonds is 4. The first kappa shape index (κ1) is 11.9. The van der Waals surface area contributed by atoms with Crippen LogP contribution in [-0.2, 0) is 4.79 Å². The summed E-state index contributed by atoms with van der Waals surface area (Å²) in [6.07, 6.45) is 5.42. The summed E-state index contributed by atoms with van der Waals surface area (Å²) in [4.78, 5) is 11.6. The minimum Gasteiger partial charge on any atom is -0.354 e. The molecule has 4 heteroatoms. The Morgan fingerprint density at radius 2 is 2.43 bits per heavy atom. The smallest absolute Gasteiger partial charge is 0.237 e. The first-order valence-electron chi connectivity index (χ1n) is 5.28. The maximum atomic E-state index is 11.6. The van der Waals surface area contributed by atoms with Gasteiger partial charge in [-0.2, -0.15) is 11.8 Å². The number of hydrogen-bond donors (Lipinski definition) is 2. The molecular formula is C10H20N2OS. The molecule has 1 heterocycles. The van der Waals surface area contributed by atoms with Gasteiger partial charge in [-0.05, 0) is 25.6 Å². The molecule has 1 saturated heterocycles. The van der Waals surface area contributed by atoms with Gasteiger partial charge >= 0.3 is 0 Å². The summed E-state index contributed by atoms with van der Waals surface area (Å²) in [5, 5.41) is 6.72. The van der Waals surface area contributed by atoms with Gasteiger partial charge in [0.1, 0.15) is 0 Å². The van der Waals surface area contributed by atoms with Gasteiger partial charge in [0.2, 0.25) is 5.91 Å². The van der Waals surface area contributed by atoms with Crippen molar-refractivity contribution >= 4 is 17.7 Å². The summed E-state index contributed by atoms with van der Waals surface area (Å²) in [5.74, 6) is 0.172. The number of carbonyl (C=O) groups excluding carboxylic acids is 1. The zero-order chi connectivity index (χ0) is 10.4. The van der Waals surface area contributed by atoms with E-state index < -0.39 is 0 Å². The van der Waals surface area contributed by atoms with E-state index in [1.807, 2.05) is 0 Å². The lowest BCUT2D eigenvalue weighted by Gasteiger charge is -2.23. The predicted octanol–water partition coefficient (Wildman–Crippen LogP) is 0.996. The van der Waals surface area contributed by atoms with Gasteiger partial charge in [0, 0.05) is 11.8 Å². The van der Waals surface area contributed by atoms with Gasteiger partial charge in [-0.3, -0.25) is 4.79 Å². The lowest BCUT2D eigenvalue weighted by Crippen LogP contribution is -2.47. The van der Waals surface area contributed by atoms with Gasteiger partial charge in [-0.15, -0.1) is 0 Å². The van der Waals surface area contributed by atoms with Gasteiger partial charge in [-0.1, -0.05) is 13.3 Å². The molecule has 0 aromatic rings. The van der Waals surface area contributed by atoms with Crippen LogP contribution in [0.1, 0.15) is 26.2 Å². The van der Waals surface area contributed by atoms with E-state index in [-0.39, 0.29) is 11.9 Å². The van der Waals surface area contributed by atoms with Crippen molar-refractivity contribution in [2.45, 2.75) is 37.5 Å². The van der Waals surface area contributed by atoms with E-state index >= 15 is 0 Å². The van der Waals surface area contributed by atoms with Crippen molar-refractivity contribution in [1.29, 1.82) is 0 Å². The van der Waals surface area contributed by atoms with Crippen molar-refractivity contribution in [2.75, 3.05) is 19.3 Å². The molecule has 14 heavy (non-hydrogen) atoms. The van der Waals surface area contributed by atoms with Crippen LogP contribution in [-0.4, -0.2) is 36.5 Å². The van der Waals surface area contributed by atoms with Crippen LogP contribution in [0.25, 0.3) is 0 Å². The lowest BCUT2D eigenvalue weighted by atomic mass is 10.0. The first-order valence-corrected chi connectivity index (χ1v) is 6.56. The van der Waals surface area contributed by atoms with E-state index in [4.69, 9.17) is 0 Å². The maximum absolute atomic E-state index is 11.6. The number of piperidine rings is 1. The average molecular weight is 216 g/mol. The largest absolute Gasteiger partial charge is 0.354 e. The molecule has 1 rings (SSSR count). The minimum absolute atomic E-state index is 0.0535. The van der Waals surface area contributed by atoms with Crippen LogP contribution < -0.4 is 10.6 Å². The molecule has 0 radical (unpaired) electrons. The molecule has 3 nitrogen and oxygen atoms in total. The highest BCUT2D eigenvalue weighted by molar-refractivity contribution is 7.99. The van der Waals surface area contributed by atoms with Gasteiger partial charge in [0.05, 0.1) is 6.04 Å². The fraction of sp³-hybridized carbons (Fsp3) is 0.900. The Balaban J connectivity index is 2.19. The SMILES string of the molecule is CSC(C)CNC(=O)[C@@H]1CCCCN1. The molecule has 1 unspecified atom stereocenters. The van der Waals surface area contributed by atoms with E-state index in [2.05, 4.69) is 23.8 Å². The Kier molecular flexibility index (Phi) is 5.33. The first-order chi connectivity index (χ1) is 6.74.